The largest absolute Gasteiger partial charge is 0.481 e. The van der Waals surface area contributed by atoms with Crippen molar-refractivity contribution in [2.24, 2.45) is 0 Å². The molecule has 120 valence electrons. The van der Waals surface area contributed by atoms with E-state index in [0.29, 0.717) is 13.2 Å². The molecule has 1 aliphatic carbocycles. The Labute approximate surface area is 125 Å². The molecule has 0 atom stereocenters. The molecule has 0 aromatic rings. The summed E-state index contributed by atoms with van der Waals surface area (Å²) in [6, 6.07) is -0.248. The molecule has 21 heavy (non-hydrogen) atoms. The van der Waals surface area contributed by atoms with Gasteiger partial charge in [-0.25, -0.2) is 4.79 Å². The van der Waals surface area contributed by atoms with Crippen molar-refractivity contribution in [2.75, 3.05) is 13.2 Å². The van der Waals surface area contributed by atoms with Crippen molar-refractivity contribution in [1.82, 2.24) is 10.6 Å². The highest BCUT2D eigenvalue weighted by molar-refractivity contribution is 5.77. The Bertz CT molecular complexity index is 385. The zero-order chi connectivity index (χ0) is 15.3. The number of ether oxygens (including phenoxy) is 1. The second-order valence-corrected chi connectivity index (χ2v) is 6.66. The highest BCUT2D eigenvalue weighted by Gasteiger charge is 2.37. The monoisotopic (exact) mass is 298 g/mol. The molecule has 0 bridgehead atoms. The molecular weight excluding hydrogens is 272 g/mol. The topological polar surface area (TPSA) is 87.7 Å². The van der Waals surface area contributed by atoms with E-state index in [-0.39, 0.29) is 18.0 Å². The second-order valence-electron chi connectivity index (χ2n) is 6.66. The van der Waals surface area contributed by atoms with Gasteiger partial charge in [-0.2, -0.15) is 0 Å². The molecule has 1 saturated carbocycles. The van der Waals surface area contributed by atoms with Crippen LogP contribution in [0.15, 0.2) is 0 Å². The molecule has 2 amide bonds. The number of amides is 2. The number of carbonyl (C=O) groups excluding carboxylic acids is 1. The summed E-state index contributed by atoms with van der Waals surface area (Å²) in [7, 11) is 0. The van der Waals surface area contributed by atoms with Gasteiger partial charge in [-0.15, -0.1) is 0 Å². The Hall–Kier alpha value is -1.30. The number of aliphatic carboxylic acids is 1. The maximum Gasteiger partial charge on any atom is 0.315 e. The van der Waals surface area contributed by atoms with Gasteiger partial charge in [-0.05, 0) is 32.6 Å². The minimum atomic E-state index is -0.852. The molecule has 6 nitrogen and oxygen atoms in total. The minimum absolute atomic E-state index is 0.000243. The quantitative estimate of drug-likeness (QED) is 0.741. The summed E-state index contributed by atoms with van der Waals surface area (Å²) in [6.07, 6.45) is 6.11. The van der Waals surface area contributed by atoms with Gasteiger partial charge in [0.15, 0.2) is 0 Å². The van der Waals surface area contributed by atoms with Crippen LogP contribution in [-0.2, 0) is 9.53 Å². The van der Waals surface area contributed by atoms with Crippen LogP contribution in [0.5, 0.6) is 0 Å². The lowest BCUT2D eigenvalue weighted by Gasteiger charge is -2.40. The van der Waals surface area contributed by atoms with Crippen LogP contribution in [0.1, 0.15) is 58.3 Å². The maximum absolute atomic E-state index is 12.3. The van der Waals surface area contributed by atoms with E-state index in [9.17, 15) is 9.59 Å². The van der Waals surface area contributed by atoms with Crippen LogP contribution in [0.25, 0.3) is 0 Å². The van der Waals surface area contributed by atoms with Gasteiger partial charge < -0.3 is 20.5 Å². The molecule has 2 fully saturated rings. The zero-order valence-electron chi connectivity index (χ0n) is 12.7. The van der Waals surface area contributed by atoms with Crippen LogP contribution < -0.4 is 10.6 Å². The van der Waals surface area contributed by atoms with Gasteiger partial charge in [-0.3, -0.25) is 4.79 Å². The van der Waals surface area contributed by atoms with Crippen molar-refractivity contribution in [2.45, 2.75) is 69.4 Å². The first-order chi connectivity index (χ1) is 9.93. The van der Waals surface area contributed by atoms with Gasteiger partial charge in [-0.1, -0.05) is 19.3 Å². The van der Waals surface area contributed by atoms with Gasteiger partial charge in [0, 0.05) is 18.8 Å². The zero-order valence-corrected chi connectivity index (χ0v) is 12.7. The molecule has 0 aromatic carbocycles. The highest BCUT2D eigenvalue weighted by atomic mass is 16.5. The van der Waals surface area contributed by atoms with Gasteiger partial charge in [0.2, 0.25) is 0 Å². The SMILES string of the molecule is CC1(NC(=O)NC2(CC(=O)O)CCCCC2)CCOCC1. The van der Waals surface area contributed by atoms with Crippen LogP contribution in [0.3, 0.4) is 0 Å². The Kier molecular flexibility index (Phi) is 5.08. The molecule has 0 spiro atoms. The van der Waals surface area contributed by atoms with Gasteiger partial charge in [0.1, 0.15) is 0 Å². The minimum Gasteiger partial charge on any atom is -0.481 e. The summed E-state index contributed by atoms with van der Waals surface area (Å²) in [5.41, 5.74) is -0.850. The Balaban J connectivity index is 1.95. The lowest BCUT2D eigenvalue weighted by atomic mass is 9.79. The Morgan fingerprint density at radius 1 is 1.05 bits per heavy atom. The van der Waals surface area contributed by atoms with E-state index < -0.39 is 11.5 Å². The van der Waals surface area contributed by atoms with E-state index in [1.54, 1.807) is 0 Å². The summed E-state index contributed by atoms with van der Waals surface area (Å²) >= 11 is 0. The molecule has 2 rings (SSSR count). The summed E-state index contributed by atoms with van der Waals surface area (Å²) in [4.78, 5) is 23.4. The summed E-state index contributed by atoms with van der Waals surface area (Å²) in [5.74, 6) is -0.852. The summed E-state index contributed by atoms with van der Waals surface area (Å²) in [6.45, 7) is 3.31. The van der Waals surface area contributed by atoms with E-state index in [4.69, 9.17) is 9.84 Å². The summed E-state index contributed by atoms with van der Waals surface area (Å²) in [5, 5.41) is 15.1. The third-order valence-electron chi connectivity index (χ3n) is 4.69. The number of rotatable bonds is 4. The van der Waals surface area contributed by atoms with Gasteiger partial charge in [0.05, 0.1) is 12.0 Å². The first kappa shape index (κ1) is 16.1. The van der Waals surface area contributed by atoms with Crippen LogP contribution in [0.2, 0.25) is 0 Å². The van der Waals surface area contributed by atoms with Crippen molar-refractivity contribution in [3.05, 3.63) is 0 Å². The normalized spacial score (nSPS) is 24.0. The molecule has 0 aromatic heterocycles. The smallest absolute Gasteiger partial charge is 0.315 e. The third kappa shape index (κ3) is 4.59. The fraction of sp³-hybridized carbons (Fsp3) is 0.867. The predicted molar refractivity (Wildman–Crippen MR) is 78.2 cm³/mol. The second kappa shape index (κ2) is 6.64. The van der Waals surface area contributed by atoms with E-state index in [1.165, 1.54) is 0 Å². The Morgan fingerprint density at radius 3 is 2.24 bits per heavy atom. The molecule has 0 radical (unpaired) electrons. The average Bonchev–Trinajstić information content (AvgIpc) is 2.38. The highest BCUT2D eigenvalue weighted by Crippen LogP contribution is 2.31. The van der Waals surface area contributed by atoms with Crippen molar-refractivity contribution >= 4 is 12.0 Å². The lowest BCUT2D eigenvalue weighted by molar-refractivity contribution is -0.139. The van der Waals surface area contributed by atoms with Crippen LogP contribution in [0.4, 0.5) is 4.79 Å². The fourth-order valence-corrected chi connectivity index (χ4v) is 3.36. The number of carboxylic acids is 1. The first-order valence-electron chi connectivity index (χ1n) is 7.83. The average molecular weight is 298 g/mol. The van der Waals surface area contributed by atoms with E-state index in [0.717, 1.165) is 44.9 Å². The number of carbonyl (C=O) groups is 2. The number of urea groups is 1. The number of hydrogen-bond acceptors (Lipinski definition) is 3. The van der Waals surface area contributed by atoms with Crippen molar-refractivity contribution in [3.63, 3.8) is 0 Å². The third-order valence-corrected chi connectivity index (χ3v) is 4.69. The Morgan fingerprint density at radius 2 is 1.67 bits per heavy atom. The van der Waals surface area contributed by atoms with Gasteiger partial charge >= 0.3 is 12.0 Å². The van der Waals surface area contributed by atoms with Crippen LogP contribution in [0, 0.1) is 0 Å². The van der Waals surface area contributed by atoms with Gasteiger partial charge in [0.25, 0.3) is 0 Å². The van der Waals surface area contributed by atoms with Crippen molar-refractivity contribution < 1.29 is 19.4 Å². The molecule has 0 unspecified atom stereocenters. The number of hydrogen-bond donors (Lipinski definition) is 3. The lowest BCUT2D eigenvalue weighted by Crippen LogP contribution is -2.59. The summed E-state index contributed by atoms with van der Waals surface area (Å²) < 4.78 is 5.32. The molecule has 3 N–H and O–H groups in total. The molecule has 6 heteroatoms. The van der Waals surface area contributed by atoms with Crippen LogP contribution in [-0.4, -0.2) is 41.4 Å². The fourth-order valence-electron chi connectivity index (χ4n) is 3.36. The van der Waals surface area contributed by atoms with Crippen molar-refractivity contribution in [3.8, 4) is 0 Å². The van der Waals surface area contributed by atoms with E-state index in [1.807, 2.05) is 6.92 Å². The molecule has 1 saturated heterocycles. The predicted octanol–water partition coefficient (Wildman–Crippen LogP) is 2.03. The maximum atomic E-state index is 12.3. The molecular formula is C15H26N2O4. The first-order valence-corrected chi connectivity index (χ1v) is 7.83. The number of carboxylic acid groups (broad SMARTS) is 1. The van der Waals surface area contributed by atoms with E-state index in [2.05, 4.69) is 10.6 Å². The number of nitrogens with one attached hydrogen (secondary N) is 2. The molecule has 2 aliphatic rings. The van der Waals surface area contributed by atoms with Crippen LogP contribution >= 0.6 is 0 Å². The standard InChI is InChI=1S/C15H26N2O4/c1-14(7-9-21-10-8-14)16-13(20)17-15(11-12(18)19)5-3-2-4-6-15/h2-11H2,1H3,(H,18,19)(H2,16,17,20). The van der Waals surface area contributed by atoms with E-state index >= 15 is 0 Å². The van der Waals surface area contributed by atoms with Crippen molar-refractivity contribution in [1.29, 1.82) is 0 Å². The molecule has 1 heterocycles. The molecule has 1 aliphatic heterocycles.